The van der Waals surface area contributed by atoms with E-state index in [1.165, 1.54) is 0 Å². The van der Waals surface area contributed by atoms with E-state index in [-0.39, 0.29) is 10.9 Å². The van der Waals surface area contributed by atoms with Crippen LogP contribution in [0.25, 0.3) is 0 Å². The van der Waals surface area contributed by atoms with E-state index in [4.69, 9.17) is 4.74 Å². The zero-order valence-electron chi connectivity index (χ0n) is 13.7. The molecule has 2 heterocycles. The number of hydrogen-bond donors (Lipinski definition) is 2. The van der Waals surface area contributed by atoms with E-state index in [1.807, 2.05) is 0 Å². The summed E-state index contributed by atoms with van der Waals surface area (Å²) in [4.78, 5) is 2.56. The number of aromatic nitrogens is 2. The third-order valence-electron chi connectivity index (χ3n) is 4.10. The second kappa shape index (κ2) is 7.08. The van der Waals surface area contributed by atoms with Crippen LogP contribution >= 0.6 is 0 Å². The third-order valence-corrected chi connectivity index (χ3v) is 5.78. The molecule has 1 unspecified atom stereocenters. The van der Waals surface area contributed by atoms with Gasteiger partial charge in [-0.15, -0.1) is 0 Å². The second-order valence-electron chi connectivity index (χ2n) is 6.07. The van der Waals surface area contributed by atoms with E-state index >= 15 is 0 Å². The molecule has 22 heavy (non-hydrogen) atoms. The van der Waals surface area contributed by atoms with E-state index in [2.05, 4.69) is 33.7 Å². The molecule has 126 valence electrons. The Balaban J connectivity index is 2.08. The predicted octanol–water partition coefficient (Wildman–Crippen LogP) is 0.662. The minimum atomic E-state index is -3.55. The third kappa shape index (κ3) is 3.87. The maximum atomic E-state index is 12.5. The molecule has 1 atom stereocenters. The monoisotopic (exact) mass is 330 g/mol. The van der Waals surface area contributed by atoms with Crippen molar-refractivity contribution in [1.29, 1.82) is 0 Å². The fourth-order valence-electron chi connectivity index (χ4n) is 2.90. The summed E-state index contributed by atoms with van der Waals surface area (Å²) in [5.41, 5.74) is 1.06. The van der Waals surface area contributed by atoms with Crippen molar-refractivity contribution in [1.82, 2.24) is 19.8 Å². The van der Waals surface area contributed by atoms with Crippen molar-refractivity contribution in [3.05, 3.63) is 11.4 Å². The molecule has 1 fully saturated rings. The Kier molecular flexibility index (Phi) is 5.60. The smallest absolute Gasteiger partial charge is 0.244 e. The lowest BCUT2D eigenvalue weighted by Crippen LogP contribution is -2.51. The fourth-order valence-corrected chi connectivity index (χ4v) is 4.32. The molecule has 0 saturated carbocycles. The minimum absolute atomic E-state index is 0.159. The summed E-state index contributed by atoms with van der Waals surface area (Å²) in [5.74, 6) is 0.354. The molecule has 0 amide bonds. The Bertz CT molecular complexity index is 572. The lowest BCUT2D eigenvalue weighted by atomic mass is 10.0. The Morgan fingerprint density at radius 1 is 1.32 bits per heavy atom. The molecule has 0 spiro atoms. The summed E-state index contributed by atoms with van der Waals surface area (Å²) in [6.07, 6.45) is 0. The molecule has 0 aliphatic carbocycles. The largest absolute Gasteiger partial charge is 0.379 e. The van der Waals surface area contributed by atoms with Crippen molar-refractivity contribution in [2.24, 2.45) is 5.92 Å². The minimum Gasteiger partial charge on any atom is -0.379 e. The van der Waals surface area contributed by atoms with E-state index in [9.17, 15) is 8.42 Å². The molecular formula is C14H26N4O3S. The van der Waals surface area contributed by atoms with Gasteiger partial charge in [-0.1, -0.05) is 13.8 Å². The van der Waals surface area contributed by atoms with Gasteiger partial charge in [-0.3, -0.25) is 10.00 Å². The van der Waals surface area contributed by atoms with Crippen LogP contribution in [0.15, 0.2) is 4.90 Å². The van der Waals surface area contributed by atoms with Crippen LogP contribution in [0.1, 0.15) is 25.2 Å². The first-order chi connectivity index (χ1) is 10.3. The molecule has 1 aromatic rings. The molecule has 0 radical (unpaired) electrons. The Morgan fingerprint density at radius 3 is 2.45 bits per heavy atom. The van der Waals surface area contributed by atoms with Crippen LogP contribution < -0.4 is 4.72 Å². The molecule has 1 aliphatic rings. The number of nitrogens with one attached hydrogen (secondary N) is 2. The van der Waals surface area contributed by atoms with Crippen molar-refractivity contribution in [2.75, 3.05) is 32.8 Å². The van der Waals surface area contributed by atoms with Crippen LogP contribution in [0.4, 0.5) is 0 Å². The van der Waals surface area contributed by atoms with Gasteiger partial charge in [-0.05, 0) is 19.8 Å². The summed E-state index contributed by atoms with van der Waals surface area (Å²) in [6, 6.07) is 0.159. The van der Waals surface area contributed by atoms with Gasteiger partial charge in [-0.2, -0.15) is 5.10 Å². The highest BCUT2D eigenvalue weighted by Gasteiger charge is 2.27. The fraction of sp³-hybridized carbons (Fsp3) is 0.786. The van der Waals surface area contributed by atoms with Crippen LogP contribution in [-0.2, 0) is 14.8 Å². The molecule has 8 heteroatoms. The number of aromatic amines is 1. The Hall–Kier alpha value is -0.960. The lowest BCUT2D eigenvalue weighted by Gasteiger charge is -2.36. The summed E-state index contributed by atoms with van der Waals surface area (Å²) in [7, 11) is -3.55. The Labute approximate surface area is 132 Å². The van der Waals surface area contributed by atoms with Crippen molar-refractivity contribution in [2.45, 2.75) is 38.6 Å². The number of ether oxygens (including phenoxy) is 1. The highest BCUT2D eigenvalue weighted by molar-refractivity contribution is 7.89. The van der Waals surface area contributed by atoms with Crippen molar-refractivity contribution >= 4 is 10.0 Å². The number of rotatable bonds is 6. The molecule has 1 aromatic heterocycles. The maximum absolute atomic E-state index is 12.5. The van der Waals surface area contributed by atoms with Gasteiger partial charge in [0.15, 0.2) is 0 Å². The molecule has 7 nitrogen and oxygen atoms in total. The number of nitrogens with zero attached hydrogens (tertiary/aromatic N) is 2. The van der Waals surface area contributed by atoms with Gasteiger partial charge in [-0.25, -0.2) is 13.1 Å². The van der Waals surface area contributed by atoms with Crippen LogP contribution in [-0.4, -0.2) is 62.4 Å². The average molecular weight is 330 g/mol. The van der Waals surface area contributed by atoms with Gasteiger partial charge < -0.3 is 4.74 Å². The molecule has 0 aromatic carbocycles. The molecule has 2 N–H and O–H groups in total. The molecule has 0 bridgehead atoms. The zero-order chi connectivity index (χ0) is 16.3. The van der Waals surface area contributed by atoms with Gasteiger partial charge >= 0.3 is 0 Å². The van der Waals surface area contributed by atoms with Crippen molar-refractivity contribution in [3.8, 4) is 0 Å². The maximum Gasteiger partial charge on any atom is 0.244 e. The number of morpholine rings is 1. The summed E-state index contributed by atoms with van der Waals surface area (Å²) in [6.45, 7) is 11.1. The standard InChI is InChI=1S/C14H26N4O3S/c1-10(2)13(18-5-7-21-8-6-18)9-15-22(19,20)14-11(3)16-17-12(14)4/h10,13,15H,5-9H2,1-4H3,(H,16,17). The number of aryl methyl sites for hydroxylation is 2. The zero-order valence-corrected chi connectivity index (χ0v) is 14.5. The van der Waals surface area contributed by atoms with E-state index in [0.717, 1.165) is 13.1 Å². The van der Waals surface area contributed by atoms with Crippen LogP contribution in [0, 0.1) is 19.8 Å². The number of sulfonamides is 1. The molecule has 2 rings (SSSR count). The normalized spacial score (nSPS) is 18.8. The van der Waals surface area contributed by atoms with E-state index in [1.54, 1.807) is 13.8 Å². The highest BCUT2D eigenvalue weighted by Crippen LogP contribution is 2.18. The molecule has 1 saturated heterocycles. The van der Waals surface area contributed by atoms with E-state index in [0.29, 0.717) is 37.1 Å². The first-order valence-electron chi connectivity index (χ1n) is 7.66. The molecular weight excluding hydrogens is 304 g/mol. The summed E-state index contributed by atoms with van der Waals surface area (Å²) in [5, 5.41) is 6.68. The van der Waals surface area contributed by atoms with Gasteiger partial charge in [0, 0.05) is 25.7 Å². The quantitative estimate of drug-likeness (QED) is 0.800. The SMILES string of the molecule is Cc1n[nH]c(C)c1S(=O)(=O)NCC(C(C)C)N1CCOCC1. The van der Waals surface area contributed by atoms with Crippen LogP contribution in [0.5, 0.6) is 0 Å². The second-order valence-corrected chi connectivity index (χ2v) is 7.78. The van der Waals surface area contributed by atoms with E-state index < -0.39 is 10.0 Å². The Morgan fingerprint density at radius 2 is 1.95 bits per heavy atom. The van der Waals surface area contributed by atoms with Crippen LogP contribution in [0.2, 0.25) is 0 Å². The predicted molar refractivity (Wildman–Crippen MR) is 84.3 cm³/mol. The lowest BCUT2D eigenvalue weighted by molar-refractivity contribution is 0.00776. The number of hydrogen-bond acceptors (Lipinski definition) is 5. The highest BCUT2D eigenvalue weighted by atomic mass is 32.2. The topological polar surface area (TPSA) is 87.3 Å². The van der Waals surface area contributed by atoms with Crippen LogP contribution in [0.3, 0.4) is 0 Å². The van der Waals surface area contributed by atoms with Gasteiger partial charge in [0.05, 0.1) is 24.6 Å². The summed E-state index contributed by atoms with van der Waals surface area (Å²) >= 11 is 0. The van der Waals surface area contributed by atoms with Gasteiger partial charge in [0.25, 0.3) is 0 Å². The summed E-state index contributed by atoms with van der Waals surface area (Å²) < 4.78 is 33.2. The van der Waals surface area contributed by atoms with Gasteiger partial charge in [0.1, 0.15) is 4.90 Å². The first kappa shape index (κ1) is 17.4. The average Bonchev–Trinajstić information content (AvgIpc) is 2.79. The van der Waals surface area contributed by atoms with Crippen molar-refractivity contribution < 1.29 is 13.2 Å². The number of H-pyrrole nitrogens is 1. The molecule has 1 aliphatic heterocycles. The van der Waals surface area contributed by atoms with Gasteiger partial charge in [0.2, 0.25) is 10.0 Å². The van der Waals surface area contributed by atoms with Crippen molar-refractivity contribution in [3.63, 3.8) is 0 Å². The first-order valence-corrected chi connectivity index (χ1v) is 9.14.